The maximum Gasteiger partial charge on any atom is 0.353 e. The molecule has 0 saturated carbocycles. The van der Waals surface area contributed by atoms with Gasteiger partial charge in [0, 0.05) is 5.38 Å². The summed E-state index contributed by atoms with van der Waals surface area (Å²) in [6, 6.07) is 5.48. The number of nitrogens with zero attached hydrogens (tertiary/aromatic N) is 1. The highest BCUT2D eigenvalue weighted by Gasteiger charge is 2.19. The van der Waals surface area contributed by atoms with Gasteiger partial charge in [-0.3, -0.25) is 4.40 Å². The van der Waals surface area contributed by atoms with Gasteiger partial charge < -0.3 is 9.52 Å². The van der Waals surface area contributed by atoms with Crippen LogP contribution in [0.5, 0.6) is 0 Å². The number of hydrogen-bond acceptors (Lipinski definition) is 3. The van der Waals surface area contributed by atoms with Gasteiger partial charge in [0.25, 0.3) is 0 Å². The van der Waals surface area contributed by atoms with Crippen molar-refractivity contribution in [2.24, 2.45) is 0 Å². The molecule has 0 aliphatic rings. The number of thiazole rings is 1. The maximum absolute atomic E-state index is 11.3. The lowest BCUT2D eigenvalue weighted by Gasteiger charge is -1.99. The van der Waals surface area contributed by atoms with Gasteiger partial charge in [0.15, 0.2) is 5.76 Å². The molecule has 3 heterocycles. The Kier molecular flexibility index (Phi) is 2.09. The number of aromatic nitrogens is 1. The van der Waals surface area contributed by atoms with Crippen molar-refractivity contribution in [3.63, 3.8) is 0 Å². The summed E-state index contributed by atoms with van der Waals surface area (Å²) in [6.45, 7) is 1.80. The molecular weight excluding hydrogens is 238 g/mol. The molecule has 0 aromatic carbocycles. The summed E-state index contributed by atoms with van der Waals surface area (Å²) in [6.07, 6.45) is 1.58. The molecule has 3 rings (SSSR count). The summed E-state index contributed by atoms with van der Waals surface area (Å²) in [7, 11) is 0. The minimum Gasteiger partial charge on any atom is -0.477 e. The summed E-state index contributed by atoms with van der Waals surface area (Å²) in [5.74, 6) is -0.247. The van der Waals surface area contributed by atoms with Crippen molar-refractivity contribution >= 4 is 22.1 Å². The van der Waals surface area contributed by atoms with Gasteiger partial charge in [-0.15, -0.1) is 11.3 Å². The topological polar surface area (TPSA) is 54.9 Å². The van der Waals surface area contributed by atoms with E-state index in [0.29, 0.717) is 11.5 Å². The van der Waals surface area contributed by atoms with Gasteiger partial charge in [0.05, 0.1) is 12.0 Å². The monoisotopic (exact) mass is 247 g/mol. The molecule has 0 amide bonds. The van der Waals surface area contributed by atoms with Gasteiger partial charge in [-0.2, -0.15) is 0 Å². The lowest BCUT2D eigenvalue weighted by atomic mass is 10.2. The number of carbonyl (C=O) groups is 1. The highest BCUT2D eigenvalue weighted by Crippen LogP contribution is 2.30. The van der Waals surface area contributed by atoms with E-state index >= 15 is 0 Å². The predicted octanol–water partition coefficient (Wildman–Crippen LogP) is 3.27. The minimum absolute atomic E-state index is 0.299. The third-order valence-corrected chi connectivity index (χ3v) is 3.55. The molecule has 0 saturated heterocycles. The van der Waals surface area contributed by atoms with Gasteiger partial charge in [-0.1, -0.05) is 0 Å². The molecule has 0 bridgehead atoms. The Morgan fingerprint density at radius 2 is 2.35 bits per heavy atom. The summed E-state index contributed by atoms with van der Waals surface area (Å²) in [5, 5.41) is 11.1. The first-order chi connectivity index (χ1) is 8.18. The summed E-state index contributed by atoms with van der Waals surface area (Å²) in [5.41, 5.74) is 1.84. The standard InChI is InChI=1S/C12H9NO3S/c1-7-5-10-13(11(7)12(14)15)8(6-17-10)9-3-2-4-16-9/h2-6H,1H3,(H,14,15). The maximum atomic E-state index is 11.3. The molecule has 0 aliphatic heterocycles. The van der Waals surface area contributed by atoms with Crippen molar-refractivity contribution in [1.82, 2.24) is 4.40 Å². The highest BCUT2D eigenvalue weighted by atomic mass is 32.1. The second-order valence-corrected chi connectivity index (χ2v) is 4.64. The smallest absolute Gasteiger partial charge is 0.353 e. The molecule has 0 unspecified atom stereocenters. The Balaban J connectivity index is 2.37. The van der Waals surface area contributed by atoms with Gasteiger partial charge >= 0.3 is 5.97 Å². The molecule has 0 fully saturated rings. The van der Waals surface area contributed by atoms with Crippen LogP contribution in [0, 0.1) is 6.92 Å². The van der Waals surface area contributed by atoms with Gasteiger partial charge in [0.1, 0.15) is 10.5 Å². The molecule has 0 radical (unpaired) electrons. The van der Waals surface area contributed by atoms with Gasteiger partial charge in [-0.25, -0.2) is 4.79 Å². The minimum atomic E-state index is -0.922. The number of aryl methyl sites for hydroxylation is 1. The van der Waals surface area contributed by atoms with Crippen LogP contribution in [-0.2, 0) is 0 Å². The zero-order valence-corrected chi connectivity index (χ0v) is 9.82. The fourth-order valence-corrected chi connectivity index (χ4v) is 2.95. The van der Waals surface area contributed by atoms with E-state index in [-0.39, 0.29) is 0 Å². The van der Waals surface area contributed by atoms with Gasteiger partial charge in [0.2, 0.25) is 0 Å². The summed E-state index contributed by atoms with van der Waals surface area (Å²) >= 11 is 1.50. The fourth-order valence-electron chi connectivity index (χ4n) is 1.96. The van der Waals surface area contributed by atoms with Crippen LogP contribution in [0.15, 0.2) is 34.3 Å². The van der Waals surface area contributed by atoms with Crippen LogP contribution in [0.1, 0.15) is 16.1 Å². The second kappa shape index (κ2) is 3.49. The summed E-state index contributed by atoms with van der Waals surface area (Å²) in [4.78, 5) is 12.2. The molecule has 0 aliphatic carbocycles. The van der Waals surface area contributed by atoms with E-state index in [4.69, 9.17) is 4.42 Å². The molecule has 0 spiro atoms. The van der Waals surface area contributed by atoms with E-state index in [9.17, 15) is 9.90 Å². The Bertz CT molecular complexity index is 691. The Hall–Kier alpha value is -2.01. The first-order valence-corrected chi connectivity index (χ1v) is 5.93. The zero-order chi connectivity index (χ0) is 12.0. The van der Waals surface area contributed by atoms with Crippen molar-refractivity contribution in [1.29, 1.82) is 0 Å². The van der Waals surface area contributed by atoms with E-state index in [1.54, 1.807) is 23.7 Å². The van der Waals surface area contributed by atoms with Crippen molar-refractivity contribution in [2.75, 3.05) is 0 Å². The van der Waals surface area contributed by atoms with Crippen LogP contribution in [0.2, 0.25) is 0 Å². The molecular formula is C12H9NO3S. The van der Waals surface area contributed by atoms with E-state index in [1.165, 1.54) is 11.3 Å². The lowest BCUT2D eigenvalue weighted by molar-refractivity contribution is 0.0689. The molecule has 3 aromatic rings. The third kappa shape index (κ3) is 1.39. The summed E-state index contributed by atoms with van der Waals surface area (Å²) < 4.78 is 7.05. The molecule has 1 N–H and O–H groups in total. The molecule has 4 nitrogen and oxygen atoms in total. The SMILES string of the molecule is Cc1cc2scc(-c3ccco3)n2c1C(=O)O. The van der Waals surface area contributed by atoms with Crippen molar-refractivity contribution < 1.29 is 14.3 Å². The van der Waals surface area contributed by atoms with Crippen LogP contribution < -0.4 is 0 Å². The van der Waals surface area contributed by atoms with Gasteiger partial charge in [-0.05, 0) is 30.7 Å². The van der Waals surface area contributed by atoms with E-state index < -0.39 is 5.97 Å². The average Bonchev–Trinajstić information content (AvgIpc) is 2.90. The Morgan fingerprint density at radius 3 is 3.00 bits per heavy atom. The molecule has 5 heteroatoms. The third-order valence-electron chi connectivity index (χ3n) is 2.67. The van der Waals surface area contributed by atoms with Crippen LogP contribution in [0.4, 0.5) is 0 Å². The molecule has 3 aromatic heterocycles. The Morgan fingerprint density at radius 1 is 1.53 bits per heavy atom. The number of hydrogen-bond donors (Lipinski definition) is 1. The number of carboxylic acids is 1. The number of furan rings is 1. The number of rotatable bonds is 2. The van der Waals surface area contributed by atoms with Crippen LogP contribution >= 0.6 is 11.3 Å². The first kappa shape index (κ1) is 10.2. The number of carboxylic acid groups (broad SMARTS) is 1. The Labute approximate surface area is 101 Å². The van der Waals surface area contributed by atoms with Crippen molar-refractivity contribution in [3.8, 4) is 11.5 Å². The number of fused-ring (bicyclic) bond motifs is 1. The lowest BCUT2D eigenvalue weighted by Crippen LogP contribution is -2.03. The largest absolute Gasteiger partial charge is 0.477 e. The fraction of sp³-hybridized carbons (Fsp3) is 0.0833. The van der Waals surface area contributed by atoms with Crippen LogP contribution in [0.3, 0.4) is 0 Å². The molecule has 17 heavy (non-hydrogen) atoms. The van der Waals surface area contributed by atoms with E-state index in [0.717, 1.165) is 16.1 Å². The first-order valence-electron chi connectivity index (χ1n) is 5.05. The second-order valence-electron chi connectivity index (χ2n) is 3.75. The highest BCUT2D eigenvalue weighted by molar-refractivity contribution is 7.16. The molecule has 0 atom stereocenters. The van der Waals surface area contributed by atoms with E-state index in [2.05, 4.69) is 0 Å². The zero-order valence-electron chi connectivity index (χ0n) is 9.01. The van der Waals surface area contributed by atoms with Crippen LogP contribution in [0.25, 0.3) is 16.3 Å². The normalized spacial score (nSPS) is 11.1. The van der Waals surface area contributed by atoms with Crippen molar-refractivity contribution in [3.05, 3.63) is 41.1 Å². The average molecular weight is 247 g/mol. The quantitative estimate of drug-likeness (QED) is 0.756. The predicted molar refractivity (Wildman–Crippen MR) is 64.7 cm³/mol. The van der Waals surface area contributed by atoms with E-state index in [1.807, 2.05) is 17.5 Å². The number of aromatic carboxylic acids is 1. The molecule has 86 valence electrons. The van der Waals surface area contributed by atoms with Crippen LogP contribution in [-0.4, -0.2) is 15.5 Å². The van der Waals surface area contributed by atoms with Crippen molar-refractivity contribution in [2.45, 2.75) is 6.92 Å².